The molecular weight excluding hydrogens is 468 g/mol. The third-order valence-electron chi connectivity index (χ3n) is 6.00. The Bertz CT molecular complexity index is 1160. The minimum absolute atomic E-state index is 0.0279. The second kappa shape index (κ2) is 11.6. The van der Waals surface area contributed by atoms with Gasteiger partial charge in [-0.1, -0.05) is 6.07 Å². The highest BCUT2D eigenvalue weighted by atomic mass is 16.6. The Hall–Kier alpha value is -3.96. The number of methoxy groups -OCH3 is 1. The molecule has 0 atom stereocenters. The summed E-state index contributed by atoms with van der Waals surface area (Å²) in [5.41, 5.74) is 2.55. The van der Waals surface area contributed by atoms with E-state index in [4.69, 9.17) is 14.2 Å². The Morgan fingerprint density at radius 1 is 0.972 bits per heavy atom. The van der Waals surface area contributed by atoms with E-state index in [-0.39, 0.29) is 5.69 Å². The number of nitrogens with one attached hydrogen (secondary N) is 1. The van der Waals surface area contributed by atoms with Gasteiger partial charge >= 0.3 is 5.97 Å². The van der Waals surface area contributed by atoms with Crippen molar-refractivity contribution in [2.24, 2.45) is 0 Å². The number of carbonyl (C=O) groups excluding carboxylic acids is 2. The highest BCUT2D eigenvalue weighted by Gasteiger charge is 2.22. The van der Waals surface area contributed by atoms with E-state index in [1.54, 1.807) is 30.3 Å². The quantitative estimate of drug-likeness (QED) is 0.267. The summed E-state index contributed by atoms with van der Waals surface area (Å²) in [5.74, 6) is -0.950. The van der Waals surface area contributed by atoms with E-state index < -0.39 is 16.8 Å². The smallest absolute Gasteiger partial charge is 0.337 e. The van der Waals surface area contributed by atoms with Crippen LogP contribution in [0.15, 0.2) is 42.5 Å². The van der Waals surface area contributed by atoms with Gasteiger partial charge in [-0.3, -0.25) is 14.9 Å². The van der Waals surface area contributed by atoms with E-state index >= 15 is 0 Å². The van der Waals surface area contributed by atoms with E-state index in [0.29, 0.717) is 75.1 Å². The van der Waals surface area contributed by atoms with Crippen molar-refractivity contribution < 1.29 is 28.7 Å². The van der Waals surface area contributed by atoms with Crippen molar-refractivity contribution in [1.82, 2.24) is 0 Å². The number of nitro benzene ring substituents is 1. The molecule has 2 aliphatic heterocycles. The first kappa shape index (κ1) is 25.1. The Balaban J connectivity index is 1.53. The van der Waals surface area contributed by atoms with Crippen LogP contribution in [0.1, 0.15) is 15.9 Å². The van der Waals surface area contributed by atoms with E-state index in [1.165, 1.54) is 25.3 Å². The predicted molar refractivity (Wildman–Crippen MR) is 135 cm³/mol. The van der Waals surface area contributed by atoms with Gasteiger partial charge in [0.15, 0.2) is 0 Å². The molecule has 2 aliphatic rings. The lowest BCUT2D eigenvalue weighted by Crippen LogP contribution is -2.36. The molecule has 11 nitrogen and oxygen atoms in total. The third-order valence-corrected chi connectivity index (χ3v) is 6.00. The summed E-state index contributed by atoms with van der Waals surface area (Å²) >= 11 is 0. The number of rotatable bonds is 7. The summed E-state index contributed by atoms with van der Waals surface area (Å²) in [5, 5.41) is 14.5. The first-order chi connectivity index (χ1) is 17.5. The zero-order chi connectivity index (χ0) is 25.5. The van der Waals surface area contributed by atoms with Crippen LogP contribution in [0.25, 0.3) is 6.08 Å². The number of ether oxygens (including phenoxy) is 3. The van der Waals surface area contributed by atoms with Gasteiger partial charge in [-0.25, -0.2) is 4.79 Å². The van der Waals surface area contributed by atoms with Gasteiger partial charge in [-0.15, -0.1) is 0 Å². The van der Waals surface area contributed by atoms with Crippen LogP contribution >= 0.6 is 0 Å². The number of nitro groups is 1. The van der Waals surface area contributed by atoms with Crippen LogP contribution in [0.5, 0.6) is 0 Å². The molecule has 1 N–H and O–H groups in total. The van der Waals surface area contributed by atoms with E-state index in [2.05, 4.69) is 10.2 Å². The maximum Gasteiger partial charge on any atom is 0.337 e. The maximum atomic E-state index is 12.8. The van der Waals surface area contributed by atoms with Gasteiger partial charge in [0.05, 0.1) is 55.4 Å². The Labute approximate surface area is 208 Å². The molecule has 0 saturated carbocycles. The molecule has 0 bridgehead atoms. The summed E-state index contributed by atoms with van der Waals surface area (Å²) in [4.78, 5) is 40.1. The van der Waals surface area contributed by atoms with Crippen molar-refractivity contribution in [2.75, 3.05) is 74.8 Å². The number of morpholine rings is 2. The number of anilines is 3. The number of amides is 1. The lowest BCUT2D eigenvalue weighted by Gasteiger charge is -2.30. The topological polar surface area (TPSA) is 123 Å². The summed E-state index contributed by atoms with van der Waals surface area (Å²) in [6.45, 7) is 4.61. The second-order valence-electron chi connectivity index (χ2n) is 8.25. The van der Waals surface area contributed by atoms with Gasteiger partial charge in [-0.2, -0.15) is 0 Å². The average Bonchev–Trinajstić information content (AvgIpc) is 2.92. The van der Waals surface area contributed by atoms with Gasteiger partial charge in [0, 0.05) is 38.3 Å². The number of hydrogen-bond acceptors (Lipinski definition) is 9. The van der Waals surface area contributed by atoms with Crippen LogP contribution < -0.4 is 15.1 Å². The molecule has 0 spiro atoms. The van der Waals surface area contributed by atoms with Crippen LogP contribution in [0.3, 0.4) is 0 Å². The molecule has 0 aromatic heterocycles. The van der Waals surface area contributed by atoms with Crippen molar-refractivity contribution in [3.63, 3.8) is 0 Å². The fraction of sp³-hybridized carbons (Fsp3) is 0.360. The Kier molecular flexibility index (Phi) is 8.13. The van der Waals surface area contributed by atoms with E-state index in [9.17, 15) is 19.7 Å². The molecule has 2 saturated heterocycles. The van der Waals surface area contributed by atoms with Crippen molar-refractivity contribution in [2.45, 2.75) is 0 Å². The minimum Gasteiger partial charge on any atom is -0.465 e. The van der Waals surface area contributed by atoms with Crippen LogP contribution in [-0.2, 0) is 19.0 Å². The van der Waals surface area contributed by atoms with Crippen molar-refractivity contribution in [3.05, 3.63) is 63.7 Å². The zero-order valence-electron chi connectivity index (χ0n) is 20.0. The molecular formula is C25H28N4O7. The van der Waals surface area contributed by atoms with Gasteiger partial charge in [0.25, 0.3) is 5.69 Å². The number of nitrogens with zero attached hydrogens (tertiary/aromatic N) is 3. The molecule has 0 aliphatic carbocycles. The molecule has 2 fully saturated rings. The molecule has 36 heavy (non-hydrogen) atoms. The van der Waals surface area contributed by atoms with Crippen LogP contribution in [0.4, 0.5) is 22.7 Å². The van der Waals surface area contributed by atoms with Crippen LogP contribution in [-0.4, -0.2) is 76.5 Å². The Morgan fingerprint density at radius 2 is 1.58 bits per heavy atom. The molecule has 2 heterocycles. The lowest BCUT2D eigenvalue weighted by atomic mass is 10.1. The number of benzene rings is 2. The second-order valence-corrected chi connectivity index (χ2v) is 8.25. The number of carbonyl (C=O) groups is 2. The summed E-state index contributed by atoms with van der Waals surface area (Å²) in [6.07, 6.45) is 2.82. The zero-order valence-corrected chi connectivity index (χ0v) is 20.0. The molecule has 4 rings (SSSR count). The highest BCUT2D eigenvalue weighted by molar-refractivity contribution is 6.05. The SMILES string of the molecule is COC(=O)c1ccc(N2CCOCC2)c(NC(=O)/C=C/c2ccc(N3CCOCC3)c([N+](=O)[O-])c2)c1. The monoisotopic (exact) mass is 496 g/mol. The third kappa shape index (κ3) is 5.99. The fourth-order valence-corrected chi connectivity index (χ4v) is 4.17. The molecule has 1 amide bonds. The predicted octanol–water partition coefficient (Wildman–Crippen LogP) is 2.71. The van der Waals surface area contributed by atoms with E-state index in [1.807, 2.05) is 4.90 Å². The molecule has 0 radical (unpaired) electrons. The summed E-state index contributed by atoms with van der Waals surface area (Å²) in [6, 6.07) is 9.87. The number of esters is 1. The van der Waals surface area contributed by atoms with E-state index in [0.717, 1.165) is 5.69 Å². The van der Waals surface area contributed by atoms with Gasteiger partial charge in [0.2, 0.25) is 5.91 Å². The van der Waals surface area contributed by atoms with Crippen molar-refractivity contribution >= 4 is 40.7 Å². The van der Waals surface area contributed by atoms with Crippen LogP contribution in [0.2, 0.25) is 0 Å². The largest absolute Gasteiger partial charge is 0.465 e. The Morgan fingerprint density at radius 3 is 2.19 bits per heavy atom. The average molecular weight is 497 g/mol. The lowest BCUT2D eigenvalue weighted by molar-refractivity contribution is -0.384. The molecule has 190 valence electrons. The standard InChI is InChI=1S/C25H28N4O7/c1-34-25(31)19-4-6-21(27-8-12-35-13-9-27)20(17-19)26-24(30)7-3-18-2-5-22(23(16-18)29(32)33)28-10-14-36-15-11-28/h2-7,16-17H,8-15H2,1H3,(H,26,30)/b7-3+. The number of hydrogen-bond donors (Lipinski definition) is 1. The maximum absolute atomic E-state index is 12.8. The van der Waals surface area contributed by atoms with Crippen LogP contribution in [0, 0.1) is 10.1 Å². The molecule has 11 heteroatoms. The summed E-state index contributed by atoms with van der Waals surface area (Å²) in [7, 11) is 1.29. The normalized spacial score (nSPS) is 16.1. The molecule has 2 aromatic carbocycles. The first-order valence-corrected chi connectivity index (χ1v) is 11.6. The molecule has 2 aromatic rings. The molecule has 0 unspecified atom stereocenters. The van der Waals surface area contributed by atoms with Gasteiger partial charge in [-0.05, 0) is 35.9 Å². The minimum atomic E-state index is -0.512. The highest BCUT2D eigenvalue weighted by Crippen LogP contribution is 2.31. The van der Waals surface area contributed by atoms with Crippen molar-refractivity contribution in [3.8, 4) is 0 Å². The fourth-order valence-electron chi connectivity index (χ4n) is 4.17. The van der Waals surface area contributed by atoms with Gasteiger partial charge < -0.3 is 29.3 Å². The van der Waals surface area contributed by atoms with Crippen molar-refractivity contribution in [1.29, 1.82) is 0 Å². The first-order valence-electron chi connectivity index (χ1n) is 11.6. The van der Waals surface area contributed by atoms with Gasteiger partial charge in [0.1, 0.15) is 5.69 Å². The summed E-state index contributed by atoms with van der Waals surface area (Å²) < 4.78 is 15.5.